The minimum absolute atomic E-state index is 0.552. The van der Waals surface area contributed by atoms with Crippen molar-refractivity contribution in [3.63, 3.8) is 0 Å². The molecule has 3 rings (SSSR count). The summed E-state index contributed by atoms with van der Waals surface area (Å²) >= 11 is 0. The molecule has 0 atom stereocenters. The van der Waals surface area contributed by atoms with Crippen LogP contribution in [0.1, 0.15) is 59.3 Å². The molecule has 3 aliphatic rings. The molecule has 3 saturated carbocycles. The van der Waals surface area contributed by atoms with Crippen LogP contribution in [0.25, 0.3) is 0 Å². The topological polar surface area (TPSA) is 0 Å². The van der Waals surface area contributed by atoms with E-state index in [4.69, 9.17) is 0 Å². The molecule has 0 aromatic carbocycles. The minimum Gasteiger partial charge on any atom is -0.0996 e. The molecule has 0 nitrogen and oxygen atoms in total. The maximum atomic E-state index is 4.21. The lowest BCUT2D eigenvalue weighted by Gasteiger charge is -2.56. The number of hydrogen-bond donors (Lipinski definition) is 0. The maximum Gasteiger partial charge on any atom is -0.00929 e. The summed E-state index contributed by atoms with van der Waals surface area (Å²) in [5, 5.41) is 0. The van der Waals surface area contributed by atoms with Crippen LogP contribution < -0.4 is 0 Å². The lowest BCUT2D eigenvalue weighted by molar-refractivity contribution is -0.0188. The van der Waals surface area contributed by atoms with Gasteiger partial charge in [0.1, 0.15) is 0 Å². The van der Waals surface area contributed by atoms with Gasteiger partial charge in [0, 0.05) is 0 Å². The molecule has 0 radical (unpaired) electrons. The molecule has 14 heavy (non-hydrogen) atoms. The highest BCUT2D eigenvalue weighted by Crippen LogP contribution is 2.61. The predicted molar refractivity (Wildman–Crippen MR) is 62.2 cm³/mol. The van der Waals surface area contributed by atoms with E-state index in [9.17, 15) is 0 Å². The fourth-order valence-electron chi connectivity index (χ4n) is 3.72. The van der Waals surface area contributed by atoms with E-state index in [-0.39, 0.29) is 0 Å². The van der Waals surface area contributed by atoms with Crippen LogP contribution in [-0.2, 0) is 0 Å². The molecular weight excluding hydrogens is 168 g/mol. The van der Waals surface area contributed by atoms with E-state index in [1.54, 1.807) is 0 Å². The molecule has 80 valence electrons. The molecule has 0 aliphatic heterocycles. The third kappa shape index (κ3) is 1.26. The van der Waals surface area contributed by atoms with Crippen molar-refractivity contribution in [1.82, 2.24) is 0 Å². The Morgan fingerprint density at radius 2 is 1.43 bits per heavy atom. The van der Waals surface area contributed by atoms with Crippen molar-refractivity contribution in [1.29, 1.82) is 0 Å². The Kier molecular flexibility index (Phi) is 2.28. The second-order valence-corrected chi connectivity index (χ2v) is 6.08. The van der Waals surface area contributed by atoms with Gasteiger partial charge in [0.15, 0.2) is 0 Å². The number of rotatable bonds is 2. The third-order valence-corrected chi connectivity index (χ3v) is 5.43. The Labute approximate surface area is 88.8 Å². The van der Waals surface area contributed by atoms with Gasteiger partial charge in [-0.05, 0) is 62.2 Å². The van der Waals surface area contributed by atoms with Crippen LogP contribution in [0, 0.1) is 16.7 Å². The van der Waals surface area contributed by atoms with E-state index >= 15 is 0 Å². The summed E-state index contributed by atoms with van der Waals surface area (Å²) in [7, 11) is 0. The molecule has 0 aromatic rings. The summed E-state index contributed by atoms with van der Waals surface area (Å²) in [5.74, 6) is 0.880. The fourth-order valence-corrected chi connectivity index (χ4v) is 3.72. The molecule has 0 amide bonds. The largest absolute Gasteiger partial charge is 0.0996 e. The van der Waals surface area contributed by atoms with Crippen LogP contribution in [-0.4, -0.2) is 0 Å². The van der Waals surface area contributed by atoms with Crippen molar-refractivity contribution in [2.24, 2.45) is 16.7 Å². The first kappa shape index (κ1) is 10.3. The molecule has 0 unspecified atom stereocenters. The van der Waals surface area contributed by atoms with Crippen LogP contribution in [0.15, 0.2) is 12.2 Å². The molecule has 3 aliphatic carbocycles. The molecule has 2 bridgehead atoms. The van der Waals surface area contributed by atoms with Crippen LogP contribution >= 0.6 is 0 Å². The lowest BCUT2D eigenvalue weighted by atomic mass is 9.49. The highest BCUT2D eigenvalue weighted by Gasteiger charge is 2.49. The van der Waals surface area contributed by atoms with Gasteiger partial charge >= 0.3 is 0 Å². The van der Waals surface area contributed by atoms with E-state index < -0.39 is 0 Å². The van der Waals surface area contributed by atoms with Crippen LogP contribution in [0.4, 0.5) is 0 Å². The number of hydrogen-bond acceptors (Lipinski definition) is 0. The van der Waals surface area contributed by atoms with Crippen molar-refractivity contribution in [3.05, 3.63) is 12.2 Å². The molecule has 0 heteroatoms. The molecule has 0 spiro atoms. The Morgan fingerprint density at radius 3 is 1.71 bits per heavy atom. The zero-order valence-electron chi connectivity index (χ0n) is 10.0. The van der Waals surface area contributed by atoms with Crippen LogP contribution in [0.5, 0.6) is 0 Å². The Hall–Kier alpha value is -0.260. The van der Waals surface area contributed by atoms with Gasteiger partial charge in [0.05, 0.1) is 0 Å². The first-order valence-corrected chi connectivity index (χ1v) is 6.17. The quantitative estimate of drug-likeness (QED) is 0.563. The number of allylic oxidation sites excluding steroid dienone is 1. The van der Waals surface area contributed by atoms with Crippen molar-refractivity contribution in [2.75, 3.05) is 0 Å². The second-order valence-electron chi connectivity index (χ2n) is 6.08. The van der Waals surface area contributed by atoms with E-state index in [1.165, 1.54) is 44.1 Å². The van der Waals surface area contributed by atoms with Gasteiger partial charge < -0.3 is 0 Å². The SMILES string of the molecule is C=C(C)C12CCC(C(C)C)(CC1)CC2. The predicted octanol–water partition coefficient (Wildman–Crippen LogP) is 4.56. The molecule has 0 N–H and O–H groups in total. The second kappa shape index (κ2) is 3.12. The third-order valence-electron chi connectivity index (χ3n) is 5.43. The van der Waals surface area contributed by atoms with E-state index in [2.05, 4.69) is 27.4 Å². The van der Waals surface area contributed by atoms with E-state index in [0.717, 1.165) is 5.92 Å². The molecular formula is C14H24. The average molecular weight is 192 g/mol. The average Bonchev–Trinajstić information content (AvgIpc) is 2.20. The van der Waals surface area contributed by atoms with Gasteiger partial charge in [-0.25, -0.2) is 0 Å². The first-order valence-electron chi connectivity index (χ1n) is 6.17. The molecule has 0 saturated heterocycles. The summed E-state index contributed by atoms with van der Waals surface area (Å²) in [6.45, 7) is 11.3. The molecule has 3 fully saturated rings. The van der Waals surface area contributed by atoms with Gasteiger partial charge in [-0.1, -0.05) is 26.0 Å². The van der Waals surface area contributed by atoms with Crippen molar-refractivity contribution in [3.8, 4) is 0 Å². The standard InChI is InChI=1S/C14H24/c1-11(2)13-5-8-14(9-6-13,10-7-13)12(3)4/h12H,1,5-10H2,2-4H3. The van der Waals surface area contributed by atoms with Crippen LogP contribution in [0.3, 0.4) is 0 Å². The monoisotopic (exact) mass is 192 g/mol. The zero-order chi connectivity index (χ0) is 10.4. The normalized spacial score (nSPS) is 41.7. The van der Waals surface area contributed by atoms with E-state index in [1.807, 2.05) is 0 Å². The summed E-state index contributed by atoms with van der Waals surface area (Å²) in [5.41, 5.74) is 2.71. The zero-order valence-corrected chi connectivity index (χ0v) is 10.0. The highest BCUT2D eigenvalue weighted by atomic mass is 14.5. The smallest absolute Gasteiger partial charge is 0.00929 e. The van der Waals surface area contributed by atoms with Crippen molar-refractivity contribution >= 4 is 0 Å². The Bertz CT molecular complexity index is 222. The summed E-state index contributed by atoms with van der Waals surface area (Å²) in [6.07, 6.45) is 8.62. The molecule has 0 heterocycles. The summed E-state index contributed by atoms with van der Waals surface area (Å²) in [4.78, 5) is 0. The maximum absolute atomic E-state index is 4.21. The van der Waals surface area contributed by atoms with Crippen LogP contribution in [0.2, 0.25) is 0 Å². The van der Waals surface area contributed by atoms with Crippen molar-refractivity contribution < 1.29 is 0 Å². The van der Waals surface area contributed by atoms with Crippen molar-refractivity contribution in [2.45, 2.75) is 59.3 Å². The highest BCUT2D eigenvalue weighted by molar-refractivity contribution is 5.14. The van der Waals surface area contributed by atoms with Gasteiger partial charge in [0.2, 0.25) is 0 Å². The Balaban J connectivity index is 2.17. The Morgan fingerprint density at radius 1 is 1.00 bits per heavy atom. The van der Waals surface area contributed by atoms with Gasteiger partial charge in [-0.2, -0.15) is 0 Å². The molecule has 0 aromatic heterocycles. The lowest BCUT2D eigenvalue weighted by Crippen LogP contribution is -2.44. The number of fused-ring (bicyclic) bond motifs is 3. The van der Waals surface area contributed by atoms with Gasteiger partial charge in [-0.3, -0.25) is 0 Å². The van der Waals surface area contributed by atoms with Gasteiger partial charge in [-0.15, -0.1) is 0 Å². The summed E-state index contributed by atoms with van der Waals surface area (Å²) in [6, 6.07) is 0. The first-order chi connectivity index (χ1) is 6.51. The van der Waals surface area contributed by atoms with Gasteiger partial charge in [0.25, 0.3) is 0 Å². The van der Waals surface area contributed by atoms with E-state index in [0.29, 0.717) is 10.8 Å². The summed E-state index contributed by atoms with van der Waals surface area (Å²) < 4.78 is 0. The fraction of sp³-hybridized carbons (Fsp3) is 0.857. The minimum atomic E-state index is 0.552.